The highest BCUT2D eigenvalue weighted by Crippen LogP contribution is 2.46. The normalized spacial score (nSPS) is 16.6. The molecule has 3 heteroatoms. The van der Waals surface area contributed by atoms with Crippen LogP contribution in [0.5, 0.6) is 0 Å². The van der Waals surface area contributed by atoms with Gasteiger partial charge in [-0.2, -0.15) is 0 Å². The molecule has 1 aliphatic heterocycles. The predicted octanol–water partition coefficient (Wildman–Crippen LogP) is 4.41. The van der Waals surface area contributed by atoms with Crippen molar-refractivity contribution in [3.63, 3.8) is 0 Å². The van der Waals surface area contributed by atoms with E-state index in [1.165, 1.54) is 0 Å². The van der Waals surface area contributed by atoms with Crippen molar-refractivity contribution < 1.29 is 4.79 Å². The highest BCUT2D eigenvalue weighted by molar-refractivity contribution is 9.10. The van der Waals surface area contributed by atoms with Crippen molar-refractivity contribution >= 4 is 33.2 Å². The van der Waals surface area contributed by atoms with Crippen LogP contribution in [0.4, 0.5) is 11.4 Å². The number of fused-ring (bicyclic) bond motifs is 1. The first-order valence-corrected chi connectivity index (χ1v) is 7.01. The van der Waals surface area contributed by atoms with E-state index in [9.17, 15) is 4.79 Å². The summed E-state index contributed by atoms with van der Waals surface area (Å²) in [6, 6.07) is 15.8. The summed E-state index contributed by atoms with van der Waals surface area (Å²) in [4.78, 5) is 14.5. The fourth-order valence-electron chi connectivity index (χ4n) is 2.56. The summed E-state index contributed by atoms with van der Waals surface area (Å²) >= 11 is 3.48. The molecule has 2 aromatic carbocycles. The first-order valence-electron chi connectivity index (χ1n) is 6.21. The van der Waals surface area contributed by atoms with Crippen LogP contribution in [-0.2, 0) is 10.2 Å². The average molecular weight is 316 g/mol. The van der Waals surface area contributed by atoms with Gasteiger partial charge in [-0.1, -0.05) is 40.2 Å². The second kappa shape index (κ2) is 4.20. The molecule has 0 aliphatic carbocycles. The summed E-state index contributed by atoms with van der Waals surface area (Å²) < 4.78 is 0.984. The Kier molecular flexibility index (Phi) is 2.75. The number of anilines is 2. The van der Waals surface area contributed by atoms with E-state index in [-0.39, 0.29) is 5.91 Å². The molecule has 2 aromatic rings. The van der Waals surface area contributed by atoms with Crippen molar-refractivity contribution in [3.8, 4) is 0 Å². The number of para-hydroxylation sites is 1. The Morgan fingerprint density at radius 3 is 2.42 bits per heavy atom. The lowest BCUT2D eigenvalue weighted by Gasteiger charge is -2.20. The van der Waals surface area contributed by atoms with Crippen molar-refractivity contribution in [2.75, 3.05) is 4.90 Å². The fraction of sp³-hybridized carbons (Fsp3) is 0.188. The molecule has 3 rings (SSSR count). The first-order chi connectivity index (χ1) is 9.01. The van der Waals surface area contributed by atoms with Crippen molar-refractivity contribution in [2.45, 2.75) is 19.3 Å². The molecule has 0 unspecified atom stereocenters. The molecular weight excluding hydrogens is 302 g/mol. The molecule has 19 heavy (non-hydrogen) atoms. The maximum absolute atomic E-state index is 12.7. The molecule has 0 atom stereocenters. The molecule has 0 N–H and O–H groups in total. The van der Waals surface area contributed by atoms with Crippen LogP contribution in [0.15, 0.2) is 53.0 Å². The van der Waals surface area contributed by atoms with Crippen molar-refractivity contribution in [1.82, 2.24) is 0 Å². The van der Waals surface area contributed by atoms with Crippen molar-refractivity contribution in [1.29, 1.82) is 0 Å². The standard InChI is InChI=1S/C16H14BrNO/c1-16(2)13-9-8-11(17)10-14(13)18(15(16)19)12-6-4-3-5-7-12/h3-10H,1-2H3. The number of benzene rings is 2. The molecule has 0 saturated heterocycles. The van der Waals surface area contributed by atoms with Gasteiger partial charge in [0.2, 0.25) is 5.91 Å². The average Bonchev–Trinajstić information content (AvgIpc) is 2.58. The molecule has 0 aromatic heterocycles. The molecule has 1 heterocycles. The van der Waals surface area contributed by atoms with E-state index in [0.717, 1.165) is 21.4 Å². The number of halogens is 1. The Morgan fingerprint density at radius 2 is 1.74 bits per heavy atom. The monoisotopic (exact) mass is 315 g/mol. The van der Waals surface area contributed by atoms with Gasteiger partial charge in [-0.3, -0.25) is 9.69 Å². The van der Waals surface area contributed by atoms with Crippen LogP contribution in [0.3, 0.4) is 0 Å². The summed E-state index contributed by atoms with van der Waals surface area (Å²) in [5.41, 5.74) is 2.48. The summed E-state index contributed by atoms with van der Waals surface area (Å²) in [7, 11) is 0. The second-order valence-electron chi connectivity index (χ2n) is 5.26. The topological polar surface area (TPSA) is 20.3 Å². The number of hydrogen-bond donors (Lipinski definition) is 0. The highest BCUT2D eigenvalue weighted by Gasteiger charge is 2.44. The van der Waals surface area contributed by atoms with E-state index in [4.69, 9.17) is 0 Å². The third-order valence-corrected chi connectivity index (χ3v) is 4.12. The fourth-order valence-corrected chi connectivity index (χ4v) is 2.90. The SMILES string of the molecule is CC1(C)C(=O)N(c2ccccc2)c2cc(Br)ccc21. The minimum atomic E-state index is -0.480. The van der Waals surface area contributed by atoms with Crippen LogP contribution >= 0.6 is 15.9 Å². The lowest BCUT2D eigenvalue weighted by atomic mass is 9.86. The van der Waals surface area contributed by atoms with Crippen LogP contribution in [0.2, 0.25) is 0 Å². The van der Waals surface area contributed by atoms with Gasteiger partial charge in [0.15, 0.2) is 0 Å². The van der Waals surface area contributed by atoms with E-state index in [1.54, 1.807) is 4.90 Å². The lowest BCUT2D eigenvalue weighted by Crippen LogP contribution is -2.33. The summed E-state index contributed by atoms with van der Waals surface area (Å²) in [5.74, 6) is 0.117. The molecule has 96 valence electrons. The van der Waals surface area contributed by atoms with Crippen LogP contribution in [-0.4, -0.2) is 5.91 Å². The van der Waals surface area contributed by atoms with Crippen LogP contribution < -0.4 is 4.90 Å². The van der Waals surface area contributed by atoms with Crippen LogP contribution in [0, 0.1) is 0 Å². The number of carbonyl (C=O) groups is 1. The maximum Gasteiger partial charge on any atom is 0.241 e. The summed E-state index contributed by atoms with van der Waals surface area (Å²) in [5, 5.41) is 0. The zero-order valence-corrected chi connectivity index (χ0v) is 12.4. The van der Waals surface area contributed by atoms with Gasteiger partial charge in [-0.15, -0.1) is 0 Å². The number of nitrogens with zero attached hydrogens (tertiary/aromatic N) is 1. The van der Waals surface area contributed by atoms with Crippen molar-refractivity contribution in [3.05, 3.63) is 58.6 Å². The molecule has 0 spiro atoms. The number of rotatable bonds is 1. The van der Waals surface area contributed by atoms with Gasteiger partial charge >= 0.3 is 0 Å². The van der Waals surface area contributed by atoms with Gasteiger partial charge in [0.05, 0.1) is 11.1 Å². The molecule has 0 fully saturated rings. The second-order valence-corrected chi connectivity index (χ2v) is 6.18. The quantitative estimate of drug-likeness (QED) is 0.763. The summed E-state index contributed by atoms with van der Waals surface area (Å²) in [6.07, 6.45) is 0. The molecule has 0 radical (unpaired) electrons. The Balaban J connectivity index is 2.23. The zero-order chi connectivity index (χ0) is 13.6. The van der Waals surface area contributed by atoms with E-state index < -0.39 is 5.41 Å². The summed E-state index contributed by atoms with van der Waals surface area (Å²) in [6.45, 7) is 3.95. The van der Waals surface area contributed by atoms with E-state index >= 15 is 0 Å². The minimum absolute atomic E-state index is 0.117. The highest BCUT2D eigenvalue weighted by atomic mass is 79.9. The number of hydrogen-bond acceptors (Lipinski definition) is 1. The minimum Gasteiger partial charge on any atom is -0.280 e. The lowest BCUT2D eigenvalue weighted by molar-refractivity contribution is -0.121. The molecule has 1 aliphatic rings. The Hall–Kier alpha value is -1.61. The zero-order valence-electron chi connectivity index (χ0n) is 10.9. The van der Waals surface area contributed by atoms with Gasteiger partial charge in [-0.25, -0.2) is 0 Å². The number of carbonyl (C=O) groups excluding carboxylic acids is 1. The smallest absolute Gasteiger partial charge is 0.241 e. The third-order valence-electron chi connectivity index (χ3n) is 3.63. The number of amides is 1. The van der Waals surface area contributed by atoms with Gasteiger partial charge in [0.25, 0.3) is 0 Å². The Bertz CT molecular complexity index is 649. The van der Waals surface area contributed by atoms with Gasteiger partial charge in [0.1, 0.15) is 0 Å². The Morgan fingerprint density at radius 1 is 1.05 bits per heavy atom. The molecule has 1 amide bonds. The maximum atomic E-state index is 12.7. The molecule has 0 bridgehead atoms. The van der Waals surface area contributed by atoms with Crippen molar-refractivity contribution in [2.24, 2.45) is 0 Å². The molecule has 2 nitrogen and oxygen atoms in total. The van der Waals surface area contributed by atoms with Gasteiger partial charge < -0.3 is 0 Å². The van der Waals surface area contributed by atoms with Gasteiger partial charge in [0, 0.05) is 10.2 Å². The van der Waals surface area contributed by atoms with E-state index in [1.807, 2.05) is 62.4 Å². The molecule has 0 saturated carbocycles. The van der Waals surface area contributed by atoms with Crippen LogP contribution in [0.25, 0.3) is 0 Å². The third kappa shape index (κ3) is 1.80. The van der Waals surface area contributed by atoms with Crippen LogP contribution in [0.1, 0.15) is 19.4 Å². The van der Waals surface area contributed by atoms with E-state index in [2.05, 4.69) is 15.9 Å². The largest absolute Gasteiger partial charge is 0.280 e. The van der Waals surface area contributed by atoms with E-state index in [0.29, 0.717) is 0 Å². The first kappa shape index (κ1) is 12.4. The van der Waals surface area contributed by atoms with Gasteiger partial charge in [-0.05, 0) is 43.7 Å². The molecular formula is C16H14BrNO. The Labute approximate surface area is 121 Å². The predicted molar refractivity (Wildman–Crippen MR) is 80.8 cm³/mol.